The highest BCUT2D eigenvalue weighted by atomic mass is 16.5. The van der Waals surface area contributed by atoms with E-state index >= 15 is 0 Å². The Bertz CT molecular complexity index is 657. The summed E-state index contributed by atoms with van der Waals surface area (Å²) in [5.41, 5.74) is 1.20. The van der Waals surface area contributed by atoms with E-state index in [2.05, 4.69) is 34.1 Å². The van der Waals surface area contributed by atoms with Crippen LogP contribution in [0.25, 0.3) is 0 Å². The lowest BCUT2D eigenvalue weighted by molar-refractivity contribution is 0.108. The number of fused-ring (bicyclic) bond motifs is 2. The molecule has 0 aromatic heterocycles. The van der Waals surface area contributed by atoms with Gasteiger partial charge in [-0.25, -0.2) is 0 Å². The maximum atomic E-state index is 5.49. The molecule has 1 aromatic carbocycles. The number of benzene rings is 1. The maximum absolute atomic E-state index is 5.49. The van der Waals surface area contributed by atoms with Gasteiger partial charge in [0.1, 0.15) is 0 Å². The fourth-order valence-electron chi connectivity index (χ4n) is 5.05. The number of rotatable bonds is 7. The third-order valence-corrected chi connectivity index (χ3v) is 6.50. The molecular formula is C22H32N2O3. The number of piperazine rings is 1. The summed E-state index contributed by atoms with van der Waals surface area (Å²) >= 11 is 0. The number of allylic oxidation sites excluding steroid dienone is 2. The molecule has 2 bridgehead atoms. The van der Waals surface area contributed by atoms with Gasteiger partial charge in [-0.2, -0.15) is 0 Å². The van der Waals surface area contributed by atoms with Crippen molar-refractivity contribution in [3.8, 4) is 17.2 Å². The monoisotopic (exact) mass is 372 g/mol. The van der Waals surface area contributed by atoms with Crippen LogP contribution in [-0.2, 0) is 6.54 Å². The van der Waals surface area contributed by atoms with E-state index in [0.717, 1.165) is 48.9 Å². The summed E-state index contributed by atoms with van der Waals surface area (Å²) in [7, 11) is 4.99. The van der Waals surface area contributed by atoms with Gasteiger partial charge in [0.25, 0.3) is 0 Å². The van der Waals surface area contributed by atoms with Crippen LogP contribution < -0.4 is 14.2 Å². The summed E-state index contributed by atoms with van der Waals surface area (Å²) in [6.45, 7) is 6.77. The molecule has 5 heteroatoms. The first kappa shape index (κ1) is 18.6. The van der Waals surface area contributed by atoms with E-state index in [1.807, 2.05) is 0 Å². The molecule has 148 valence electrons. The standard InChI is InChI=1S/C22H32N2O3/c1-25-20-12-17(13-21(26-2)22(20)27-3)14-23-6-8-24(9-7-23)15-19-11-16-4-5-18(19)10-16/h4-5,12-13,16,18-19H,6-11,14-15H2,1-3H3/t16-,18-,19+/m0/s1. The van der Waals surface area contributed by atoms with E-state index in [0.29, 0.717) is 5.75 Å². The van der Waals surface area contributed by atoms with Crippen LogP contribution in [0.1, 0.15) is 18.4 Å². The molecule has 0 unspecified atom stereocenters. The Labute approximate surface area is 162 Å². The third kappa shape index (κ3) is 3.94. The average molecular weight is 373 g/mol. The number of hydrogen-bond acceptors (Lipinski definition) is 5. The van der Waals surface area contributed by atoms with E-state index in [-0.39, 0.29) is 0 Å². The van der Waals surface area contributed by atoms with Gasteiger partial charge in [-0.3, -0.25) is 4.90 Å². The quantitative estimate of drug-likeness (QED) is 0.687. The Hall–Kier alpha value is -1.72. The van der Waals surface area contributed by atoms with E-state index in [1.54, 1.807) is 21.3 Å². The van der Waals surface area contributed by atoms with Crippen molar-refractivity contribution in [1.82, 2.24) is 9.80 Å². The Balaban J connectivity index is 1.32. The van der Waals surface area contributed by atoms with E-state index < -0.39 is 0 Å². The normalized spacial score (nSPS) is 27.9. The Morgan fingerprint density at radius 2 is 1.52 bits per heavy atom. The van der Waals surface area contributed by atoms with Gasteiger partial charge in [-0.05, 0) is 48.3 Å². The van der Waals surface area contributed by atoms with Crippen molar-refractivity contribution in [2.45, 2.75) is 19.4 Å². The van der Waals surface area contributed by atoms with Crippen molar-refractivity contribution in [1.29, 1.82) is 0 Å². The van der Waals surface area contributed by atoms with Crippen molar-refractivity contribution in [3.63, 3.8) is 0 Å². The zero-order valence-corrected chi connectivity index (χ0v) is 16.8. The first-order valence-corrected chi connectivity index (χ1v) is 10.1. The zero-order chi connectivity index (χ0) is 18.8. The number of nitrogens with zero attached hydrogens (tertiary/aromatic N) is 2. The van der Waals surface area contributed by atoms with Gasteiger partial charge >= 0.3 is 0 Å². The fraction of sp³-hybridized carbons (Fsp3) is 0.636. The predicted molar refractivity (Wildman–Crippen MR) is 107 cm³/mol. The van der Waals surface area contributed by atoms with Crippen molar-refractivity contribution < 1.29 is 14.2 Å². The van der Waals surface area contributed by atoms with Gasteiger partial charge in [0.15, 0.2) is 11.5 Å². The third-order valence-electron chi connectivity index (χ3n) is 6.50. The van der Waals surface area contributed by atoms with E-state index in [4.69, 9.17) is 14.2 Å². The van der Waals surface area contributed by atoms with Gasteiger partial charge in [0, 0.05) is 39.3 Å². The highest BCUT2D eigenvalue weighted by Crippen LogP contribution is 2.43. The minimum atomic E-state index is 0.661. The Morgan fingerprint density at radius 3 is 2.04 bits per heavy atom. The number of ether oxygens (including phenoxy) is 3. The molecule has 1 aromatic rings. The second-order valence-electron chi connectivity index (χ2n) is 8.15. The predicted octanol–water partition coefficient (Wildman–Crippen LogP) is 3.04. The molecule has 1 aliphatic heterocycles. The van der Waals surface area contributed by atoms with Crippen LogP contribution >= 0.6 is 0 Å². The van der Waals surface area contributed by atoms with Crippen molar-refractivity contribution in [2.75, 3.05) is 54.1 Å². The summed E-state index contributed by atoms with van der Waals surface area (Å²) in [6.07, 6.45) is 7.73. The summed E-state index contributed by atoms with van der Waals surface area (Å²) in [6, 6.07) is 4.13. The van der Waals surface area contributed by atoms with Crippen LogP contribution in [-0.4, -0.2) is 63.9 Å². The maximum Gasteiger partial charge on any atom is 0.203 e. The minimum Gasteiger partial charge on any atom is -0.493 e. The van der Waals surface area contributed by atoms with E-state index in [1.165, 1.54) is 38.0 Å². The Kier molecular flexibility index (Phi) is 5.60. The smallest absolute Gasteiger partial charge is 0.203 e. The fourth-order valence-corrected chi connectivity index (χ4v) is 5.05. The molecule has 1 saturated heterocycles. The van der Waals surface area contributed by atoms with Gasteiger partial charge < -0.3 is 19.1 Å². The number of hydrogen-bond donors (Lipinski definition) is 0. The van der Waals surface area contributed by atoms with Crippen LogP contribution in [0.5, 0.6) is 17.2 Å². The SMILES string of the molecule is COc1cc(CN2CCN(C[C@H]3C[C@H]4C=C[C@H]3C4)CC2)cc(OC)c1OC. The van der Waals surface area contributed by atoms with Crippen LogP contribution in [0.2, 0.25) is 0 Å². The van der Waals surface area contributed by atoms with Crippen molar-refractivity contribution in [3.05, 3.63) is 29.8 Å². The highest BCUT2D eigenvalue weighted by molar-refractivity contribution is 5.53. The molecule has 0 amide bonds. The van der Waals surface area contributed by atoms with Crippen LogP contribution in [0.3, 0.4) is 0 Å². The lowest BCUT2D eigenvalue weighted by Gasteiger charge is -2.37. The topological polar surface area (TPSA) is 34.2 Å². The lowest BCUT2D eigenvalue weighted by atomic mass is 9.93. The van der Waals surface area contributed by atoms with Crippen LogP contribution in [0, 0.1) is 17.8 Å². The first-order valence-electron chi connectivity index (χ1n) is 10.1. The van der Waals surface area contributed by atoms with Crippen molar-refractivity contribution >= 4 is 0 Å². The van der Waals surface area contributed by atoms with Gasteiger partial charge in [0.2, 0.25) is 5.75 Å². The van der Waals surface area contributed by atoms with Gasteiger partial charge in [0.05, 0.1) is 21.3 Å². The molecule has 2 fully saturated rings. The second-order valence-corrected chi connectivity index (χ2v) is 8.15. The number of methoxy groups -OCH3 is 3. The van der Waals surface area contributed by atoms with Crippen LogP contribution in [0.15, 0.2) is 24.3 Å². The van der Waals surface area contributed by atoms with Crippen LogP contribution in [0.4, 0.5) is 0 Å². The van der Waals surface area contributed by atoms with Gasteiger partial charge in [-0.15, -0.1) is 0 Å². The van der Waals surface area contributed by atoms with E-state index in [9.17, 15) is 0 Å². The largest absolute Gasteiger partial charge is 0.493 e. The molecule has 0 N–H and O–H groups in total. The molecule has 3 aliphatic rings. The van der Waals surface area contributed by atoms with Crippen molar-refractivity contribution in [2.24, 2.45) is 17.8 Å². The summed E-state index contributed by atoms with van der Waals surface area (Å²) in [4.78, 5) is 5.20. The zero-order valence-electron chi connectivity index (χ0n) is 16.8. The molecule has 0 spiro atoms. The lowest BCUT2D eigenvalue weighted by Crippen LogP contribution is -2.47. The minimum absolute atomic E-state index is 0.661. The summed E-state index contributed by atoms with van der Waals surface area (Å²) in [5.74, 6) is 4.74. The molecule has 4 rings (SSSR count). The molecule has 3 atom stereocenters. The molecule has 5 nitrogen and oxygen atoms in total. The molecular weight excluding hydrogens is 340 g/mol. The molecule has 1 saturated carbocycles. The van der Waals surface area contributed by atoms with Gasteiger partial charge in [-0.1, -0.05) is 12.2 Å². The molecule has 2 aliphatic carbocycles. The summed E-state index contributed by atoms with van der Waals surface area (Å²) < 4.78 is 16.4. The molecule has 27 heavy (non-hydrogen) atoms. The average Bonchev–Trinajstić information content (AvgIpc) is 3.32. The first-order chi connectivity index (χ1) is 13.2. The highest BCUT2D eigenvalue weighted by Gasteiger charge is 2.36. The summed E-state index contributed by atoms with van der Waals surface area (Å²) in [5, 5.41) is 0. The molecule has 1 heterocycles. The second kappa shape index (κ2) is 8.11. The molecule has 0 radical (unpaired) electrons. The Morgan fingerprint density at radius 1 is 0.852 bits per heavy atom.